The summed E-state index contributed by atoms with van der Waals surface area (Å²) < 4.78 is 5.22. The second-order valence-electron chi connectivity index (χ2n) is 6.35. The van der Waals surface area contributed by atoms with Crippen LogP contribution in [0.4, 0.5) is 17.3 Å². The molecule has 0 bridgehead atoms. The highest BCUT2D eigenvalue weighted by Gasteiger charge is 2.12. The fourth-order valence-electron chi connectivity index (χ4n) is 2.63. The van der Waals surface area contributed by atoms with Gasteiger partial charge in [-0.05, 0) is 56.2 Å². The van der Waals surface area contributed by atoms with E-state index in [1.165, 1.54) is 0 Å². The van der Waals surface area contributed by atoms with Crippen molar-refractivity contribution in [2.75, 3.05) is 17.7 Å². The van der Waals surface area contributed by atoms with Crippen LogP contribution in [0, 0.1) is 20.8 Å². The van der Waals surface area contributed by atoms with Crippen molar-refractivity contribution in [2.45, 2.75) is 20.8 Å². The van der Waals surface area contributed by atoms with Crippen LogP contribution in [0.1, 0.15) is 27.3 Å². The predicted molar refractivity (Wildman–Crippen MR) is 107 cm³/mol. The minimum absolute atomic E-state index is 0.275. The Kier molecular flexibility index (Phi) is 5.35. The summed E-state index contributed by atoms with van der Waals surface area (Å²) in [6.45, 7) is 5.77. The molecule has 1 amide bonds. The number of rotatable bonds is 5. The van der Waals surface area contributed by atoms with Crippen molar-refractivity contribution in [3.05, 3.63) is 71.0 Å². The summed E-state index contributed by atoms with van der Waals surface area (Å²) >= 11 is 0. The minimum Gasteiger partial charge on any atom is -0.497 e. The number of carbonyl (C=O) groups excluding carboxylic acids is 1. The molecule has 2 N–H and O–H groups in total. The zero-order chi connectivity index (χ0) is 19.4. The molecular formula is C21H22N4O2. The Morgan fingerprint density at radius 2 is 1.81 bits per heavy atom. The highest BCUT2D eigenvalue weighted by molar-refractivity contribution is 6.03. The van der Waals surface area contributed by atoms with Crippen LogP contribution in [-0.4, -0.2) is 23.0 Å². The third kappa shape index (κ3) is 4.61. The van der Waals surface area contributed by atoms with Gasteiger partial charge in [-0.1, -0.05) is 18.2 Å². The molecule has 0 atom stereocenters. The van der Waals surface area contributed by atoms with Gasteiger partial charge in [0, 0.05) is 23.1 Å². The lowest BCUT2D eigenvalue weighted by Gasteiger charge is -2.11. The van der Waals surface area contributed by atoms with E-state index in [2.05, 4.69) is 20.6 Å². The van der Waals surface area contributed by atoms with Crippen LogP contribution in [0.5, 0.6) is 5.75 Å². The quantitative estimate of drug-likeness (QED) is 0.703. The first-order valence-corrected chi connectivity index (χ1v) is 8.60. The van der Waals surface area contributed by atoms with Crippen molar-refractivity contribution in [1.29, 1.82) is 0 Å². The van der Waals surface area contributed by atoms with Crippen LogP contribution in [0.15, 0.2) is 48.5 Å². The molecule has 0 saturated heterocycles. The molecule has 2 aromatic carbocycles. The lowest BCUT2D eigenvalue weighted by atomic mass is 10.1. The van der Waals surface area contributed by atoms with E-state index in [4.69, 9.17) is 4.74 Å². The van der Waals surface area contributed by atoms with Crippen LogP contribution < -0.4 is 15.4 Å². The van der Waals surface area contributed by atoms with E-state index in [-0.39, 0.29) is 5.91 Å². The molecule has 3 rings (SSSR count). The van der Waals surface area contributed by atoms with Gasteiger partial charge in [0.15, 0.2) is 0 Å². The summed E-state index contributed by atoms with van der Waals surface area (Å²) in [5.41, 5.74) is 4.62. The van der Waals surface area contributed by atoms with Gasteiger partial charge < -0.3 is 15.4 Å². The number of benzene rings is 2. The third-order valence-corrected chi connectivity index (χ3v) is 4.05. The Morgan fingerprint density at radius 3 is 2.59 bits per heavy atom. The number of methoxy groups -OCH3 is 1. The van der Waals surface area contributed by atoms with Gasteiger partial charge in [-0.3, -0.25) is 4.79 Å². The summed E-state index contributed by atoms with van der Waals surface area (Å²) in [7, 11) is 1.61. The van der Waals surface area contributed by atoms with Crippen molar-refractivity contribution in [2.24, 2.45) is 0 Å². The molecule has 0 aliphatic heterocycles. The Labute approximate surface area is 158 Å². The number of amides is 1. The number of nitrogens with one attached hydrogen (secondary N) is 2. The molecule has 6 nitrogen and oxygen atoms in total. The van der Waals surface area contributed by atoms with Gasteiger partial charge in [0.1, 0.15) is 11.4 Å². The topological polar surface area (TPSA) is 76.1 Å². The summed E-state index contributed by atoms with van der Waals surface area (Å²) in [4.78, 5) is 21.4. The van der Waals surface area contributed by atoms with Gasteiger partial charge >= 0.3 is 0 Å². The van der Waals surface area contributed by atoms with E-state index in [1.54, 1.807) is 13.2 Å². The maximum atomic E-state index is 12.7. The predicted octanol–water partition coefficient (Wildman–Crippen LogP) is 4.41. The summed E-state index contributed by atoms with van der Waals surface area (Å²) in [5, 5.41) is 6.04. The zero-order valence-electron chi connectivity index (χ0n) is 15.8. The average Bonchev–Trinajstić information content (AvgIpc) is 2.64. The lowest BCUT2D eigenvalue weighted by Crippen LogP contribution is -2.16. The van der Waals surface area contributed by atoms with E-state index in [0.29, 0.717) is 17.3 Å². The van der Waals surface area contributed by atoms with Gasteiger partial charge in [-0.25, -0.2) is 9.97 Å². The molecule has 1 aromatic heterocycles. The summed E-state index contributed by atoms with van der Waals surface area (Å²) in [6.07, 6.45) is 0. The minimum atomic E-state index is -0.275. The molecule has 0 aliphatic rings. The molecule has 0 aliphatic carbocycles. The third-order valence-electron chi connectivity index (χ3n) is 4.05. The van der Waals surface area contributed by atoms with Crippen LogP contribution in [0.25, 0.3) is 0 Å². The van der Waals surface area contributed by atoms with Crippen LogP contribution >= 0.6 is 0 Å². The van der Waals surface area contributed by atoms with Crippen molar-refractivity contribution < 1.29 is 9.53 Å². The fraction of sp³-hybridized carbons (Fsp3) is 0.190. The molecule has 0 saturated carbocycles. The monoisotopic (exact) mass is 362 g/mol. The molecule has 27 heavy (non-hydrogen) atoms. The first-order chi connectivity index (χ1) is 12.9. The largest absolute Gasteiger partial charge is 0.497 e. The summed E-state index contributed by atoms with van der Waals surface area (Å²) in [6, 6.07) is 15.0. The average molecular weight is 362 g/mol. The first kappa shape index (κ1) is 18.4. The highest BCUT2D eigenvalue weighted by Crippen LogP contribution is 2.21. The number of nitrogens with zero attached hydrogens (tertiary/aromatic N) is 2. The smallest absolute Gasteiger partial charge is 0.274 e. The zero-order valence-corrected chi connectivity index (χ0v) is 15.8. The molecule has 0 unspecified atom stereocenters. The van der Waals surface area contributed by atoms with Crippen LogP contribution in [-0.2, 0) is 0 Å². The lowest BCUT2D eigenvalue weighted by molar-refractivity contribution is 0.102. The van der Waals surface area contributed by atoms with Gasteiger partial charge in [0.25, 0.3) is 5.91 Å². The molecule has 1 heterocycles. The molecule has 0 radical (unpaired) electrons. The van der Waals surface area contributed by atoms with Crippen LogP contribution in [0.3, 0.4) is 0 Å². The van der Waals surface area contributed by atoms with Gasteiger partial charge in [0.05, 0.1) is 7.11 Å². The number of ether oxygens (including phenoxy) is 1. The fourth-order valence-corrected chi connectivity index (χ4v) is 2.63. The van der Waals surface area contributed by atoms with Crippen molar-refractivity contribution in [3.8, 4) is 5.75 Å². The highest BCUT2D eigenvalue weighted by atomic mass is 16.5. The number of hydrogen-bond acceptors (Lipinski definition) is 5. The number of aryl methyl sites for hydroxylation is 3. The SMILES string of the molecule is COc1cccc(Nc2nc(C)cc(C(=O)Nc3cc(C)ccc3C)n2)c1. The molecule has 6 heteroatoms. The van der Waals surface area contributed by atoms with Crippen LogP contribution in [0.2, 0.25) is 0 Å². The number of anilines is 3. The normalized spacial score (nSPS) is 10.4. The van der Waals surface area contributed by atoms with E-state index in [9.17, 15) is 4.79 Å². The van der Waals surface area contributed by atoms with Gasteiger partial charge in [0.2, 0.25) is 5.95 Å². The first-order valence-electron chi connectivity index (χ1n) is 8.60. The number of aromatic nitrogens is 2. The molecule has 0 fully saturated rings. The number of carbonyl (C=O) groups is 1. The van der Waals surface area contributed by atoms with Crippen molar-refractivity contribution in [3.63, 3.8) is 0 Å². The second kappa shape index (κ2) is 7.86. The second-order valence-corrected chi connectivity index (χ2v) is 6.35. The van der Waals surface area contributed by atoms with Gasteiger partial charge in [-0.15, -0.1) is 0 Å². The summed E-state index contributed by atoms with van der Waals surface area (Å²) in [5.74, 6) is 0.804. The molecule has 3 aromatic rings. The van der Waals surface area contributed by atoms with E-state index < -0.39 is 0 Å². The maximum Gasteiger partial charge on any atom is 0.274 e. The Bertz CT molecular complexity index is 986. The van der Waals surface area contributed by atoms with Gasteiger partial charge in [-0.2, -0.15) is 0 Å². The Balaban J connectivity index is 1.83. The van der Waals surface area contributed by atoms with E-state index in [0.717, 1.165) is 28.3 Å². The Morgan fingerprint density at radius 1 is 1.00 bits per heavy atom. The van der Waals surface area contributed by atoms with Crippen molar-refractivity contribution >= 4 is 23.2 Å². The molecule has 138 valence electrons. The maximum absolute atomic E-state index is 12.7. The standard InChI is InChI=1S/C21H22N4O2/c1-13-8-9-14(2)18(10-13)24-20(26)19-11-15(3)22-21(25-19)23-16-6-5-7-17(12-16)27-4/h5-12H,1-4H3,(H,24,26)(H,22,23,25). The van der Waals surface area contributed by atoms with Crippen molar-refractivity contribution in [1.82, 2.24) is 9.97 Å². The Hall–Kier alpha value is -3.41. The molecular weight excluding hydrogens is 340 g/mol. The number of hydrogen-bond donors (Lipinski definition) is 2. The van der Waals surface area contributed by atoms with E-state index >= 15 is 0 Å². The molecule has 0 spiro atoms. The van der Waals surface area contributed by atoms with E-state index in [1.807, 2.05) is 63.2 Å².